The van der Waals surface area contributed by atoms with Gasteiger partial charge in [-0.3, -0.25) is 0 Å². The second-order valence-electron chi connectivity index (χ2n) is 33.8. The minimum Gasteiger partial charge on any atom is -0.398 e. The molecule has 21 aromatic rings. The van der Waals surface area contributed by atoms with Crippen molar-refractivity contribution < 1.29 is 53.9 Å². The molecule has 0 spiro atoms. The van der Waals surface area contributed by atoms with Crippen molar-refractivity contribution in [1.29, 1.82) is 0 Å². The van der Waals surface area contributed by atoms with Crippen LogP contribution in [0.2, 0.25) is 0 Å². The highest BCUT2D eigenvalue weighted by Crippen LogP contribution is 2.76. The summed E-state index contributed by atoms with van der Waals surface area (Å²) in [5, 5.41) is 0. The summed E-state index contributed by atoms with van der Waals surface area (Å²) in [6.45, 7) is 0. The van der Waals surface area contributed by atoms with Crippen molar-refractivity contribution in [1.82, 2.24) is 0 Å². The molecule has 21 aromatic carbocycles. The third-order valence-electron chi connectivity index (χ3n) is 24.7. The Morgan fingerprint density at radius 2 is 0.153 bits per heavy atom. The first-order valence-corrected chi connectivity index (χ1v) is 57.8. The molecule has 18 heteroatoms. The van der Waals surface area contributed by atoms with Gasteiger partial charge in [-0.2, -0.15) is 0 Å². The second kappa shape index (κ2) is 47.8. The van der Waals surface area contributed by atoms with E-state index in [0.717, 1.165) is 88.1 Å². The van der Waals surface area contributed by atoms with E-state index < -0.39 is 97.7 Å². The molecule has 0 radical (unpaired) electrons. The SMILES string of the molecule is O=C(OS(c1ccccc1)(c1ccccc1)c1ccccc1)c1ccccc1C(=O)OS(c1ccccc1)(c1ccccc1)c1ccccc1.O=C(OS(c1ccccc1)(c1ccccc1)c1ccccc1)c1ccccc1C(=O)OS(c1ccccc1)(c1ccccc1)c1ccccc1.O=C(OS(c1ccccc1)(c1ccccc1)c1ccccc1)c1ccccc1C(=O)OS(c1ccccc1)(c1ccccc1)c1ccccc1. The summed E-state index contributed by atoms with van der Waals surface area (Å²) >= 11 is 0. The number of carbonyl (C=O) groups is 6. The van der Waals surface area contributed by atoms with Crippen molar-refractivity contribution in [2.75, 3.05) is 0 Å². The fourth-order valence-corrected chi connectivity index (χ4v) is 36.1. The molecule has 0 atom stereocenters. The highest BCUT2D eigenvalue weighted by atomic mass is 32.3. The number of benzene rings is 21. The first-order valence-electron chi connectivity index (χ1n) is 48.5. The van der Waals surface area contributed by atoms with Crippen LogP contribution in [0.3, 0.4) is 0 Å². The molecule has 738 valence electrons. The van der Waals surface area contributed by atoms with Crippen LogP contribution in [0.25, 0.3) is 0 Å². The van der Waals surface area contributed by atoms with Crippen LogP contribution in [0.1, 0.15) is 62.1 Å². The predicted molar refractivity (Wildman–Crippen MR) is 602 cm³/mol. The van der Waals surface area contributed by atoms with Crippen LogP contribution in [-0.4, -0.2) is 35.8 Å². The largest absolute Gasteiger partial charge is 0.398 e. The monoisotopic (exact) mass is 2070 g/mol. The van der Waals surface area contributed by atoms with Gasteiger partial charge in [-0.05, 0) is 317 Å². The Morgan fingerprint density at radius 1 is 0.0933 bits per heavy atom. The molecule has 0 aliphatic carbocycles. The molecule has 0 saturated carbocycles. The number of carbonyl (C=O) groups excluding carboxylic acids is 6. The van der Waals surface area contributed by atoms with E-state index >= 15 is 0 Å². The molecule has 0 aliphatic heterocycles. The Labute approximate surface area is 884 Å². The van der Waals surface area contributed by atoms with Gasteiger partial charge in [-0.1, -0.05) is 364 Å². The lowest BCUT2D eigenvalue weighted by Crippen LogP contribution is -2.19. The third-order valence-corrected chi connectivity index (χ3v) is 43.9. The lowest BCUT2D eigenvalue weighted by molar-refractivity contribution is 0.0714. The van der Waals surface area contributed by atoms with Crippen molar-refractivity contribution in [3.63, 3.8) is 0 Å². The summed E-state index contributed by atoms with van der Waals surface area (Å²) in [4.78, 5) is 103. The van der Waals surface area contributed by atoms with Gasteiger partial charge in [-0.15, -0.1) is 0 Å². The van der Waals surface area contributed by atoms with E-state index in [-0.39, 0.29) is 33.4 Å². The standard InChI is InChI=1S/3C44H34O4S2/c3*45-43(47-49(35-21-7-1-8-22-35,36-23-9-2-10-24-36)37-25-11-3-12-26-37)41-33-19-20-34-42(41)44(46)48-50(38-27-13-4-14-28-38,39-29-15-5-16-30-39)40-31-17-6-18-32-40/h3*1-34H. The van der Waals surface area contributed by atoms with Gasteiger partial charge in [0.1, 0.15) is 0 Å². The van der Waals surface area contributed by atoms with Crippen LogP contribution in [0, 0.1) is 0 Å². The molecule has 0 saturated heterocycles. The Kier molecular flexibility index (Phi) is 32.3. The lowest BCUT2D eigenvalue weighted by atomic mass is 10.1. The summed E-state index contributed by atoms with van der Waals surface area (Å²) in [5.41, 5.74) is 0.748. The van der Waals surface area contributed by atoms with E-state index in [1.165, 1.54) is 0 Å². The maximum absolute atomic E-state index is 14.7. The zero-order valence-corrected chi connectivity index (χ0v) is 86.1. The fourth-order valence-electron chi connectivity index (χ4n) is 17.8. The number of hydrogen-bond donors (Lipinski definition) is 0. The molecule has 0 fully saturated rings. The second-order valence-corrected chi connectivity index (χ2v) is 50.0. The van der Waals surface area contributed by atoms with Gasteiger partial charge in [-0.25, -0.2) is 28.8 Å². The first-order chi connectivity index (χ1) is 73.9. The Balaban J connectivity index is 0.000000141. The smallest absolute Gasteiger partial charge is 0.350 e. The average Bonchev–Trinajstić information content (AvgIpc) is 0.755. The van der Waals surface area contributed by atoms with Crippen molar-refractivity contribution in [2.24, 2.45) is 0 Å². The van der Waals surface area contributed by atoms with Crippen molar-refractivity contribution in [2.45, 2.75) is 88.1 Å². The predicted octanol–water partition coefficient (Wildman–Crippen LogP) is 35.4. The van der Waals surface area contributed by atoms with Crippen LogP contribution < -0.4 is 0 Å². The van der Waals surface area contributed by atoms with Gasteiger partial charge < -0.3 is 25.1 Å². The number of rotatable bonds is 30. The van der Waals surface area contributed by atoms with Crippen LogP contribution in [0.4, 0.5) is 0 Å². The quantitative estimate of drug-likeness (QED) is 0.0420. The summed E-state index contributed by atoms with van der Waals surface area (Å²) in [7, 11) is -15.5. The topological polar surface area (TPSA) is 158 Å². The molecule has 0 amide bonds. The molecule has 0 heterocycles. The van der Waals surface area contributed by atoms with Crippen LogP contribution in [-0.2, 0) is 25.1 Å². The van der Waals surface area contributed by atoms with Crippen LogP contribution >= 0.6 is 61.9 Å². The van der Waals surface area contributed by atoms with Crippen molar-refractivity contribution >= 4 is 97.7 Å². The van der Waals surface area contributed by atoms with E-state index in [2.05, 4.69) is 0 Å². The molecule has 0 bridgehead atoms. The molecular formula is C132H102O12S6. The Morgan fingerprint density at radius 3 is 0.220 bits per heavy atom. The minimum absolute atomic E-state index is 0.125. The maximum Gasteiger partial charge on any atom is 0.350 e. The molecule has 0 aromatic heterocycles. The van der Waals surface area contributed by atoms with Gasteiger partial charge in [0.2, 0.25) is 0 Å². The van der Waals surface area contributed by atoms with Gasteiger partial charge in [0.15, 0.2) is 0 Å². The third kappa shape index (κ3) is 21.2. The zero-order chi connectivity index (χ0) is 103. The van der Waals surface area contributed by atoms with Gasteiger partial charge in [0, 0.05) is 88.1 Å². The Hall–Kier alpha value is -17.5. The molecule has 150 heavy (non-hydrogen) atoms. The normalized spacial score (nSPS) is 12.0. The van der Waals surface area contributed by atoms with Gasteiger partial charge >= 0.3 is 35.8 Å². The minimum atomic E-state index is -2.58. The van der Waals surface area contributed by atoms with E-state index in [4.69, 9.17) is 25.1 Å². The van der Waals surface area contributed by atoms with E-state index in [1.54, 1.807) is 72.8 Å². The van der Waals surface area contributed by atoms with Gasteiger partial charge in [0.25, 0.3) is 0 Å². The first kappa shape index (κ1) is 101. The zero-order valence-electron chi connectivity index (χ0n) is 81.2. The summed E-state index contributed by atoms with van der Waals surface area (Å²) in [6, 6.07) is 197. The van der Waals surface area contributed by atoms with Crippen molar-refractivity contribution in [3.8, 4) is 0 Å². The lowest BCUT2D eigenvalue weighted by Gasteiger charge is -2.40. The summed E-state index contributed by atoms with van der Waals surface area (Å²) in [5.74, 6) is -3.73. The molecule has 12 nitrogen and oxygen atoms in total. The molecule has 0 N–H and O–H groups in total. The fraction of sp³-hybridized carbons (Fsp3) is 0. The highest BCUT2D eigenvalue weighted by molar-refractivity contribution is 8.32. The molecule has 0 unspecified atom stereocenters. The molecule has 21 rings (SSSR count). The Bertz CT molecular complexity index is 6240. The van der Waals surface area contributed by atoms with E-state index in [9.17, 15) is 28.8 Å². The maximum atomic E-state index is 14.7. The van der Waals surface area contributed by atoms with Crippen LogP contribution in [0.5, 0.6) is 0 Å². The van der Waals surface area contributed by atoms with Crippen LogP contribution in [0.15, 0.2) is 707 Å². The summed E-state index contributed by atoms with van der Waals surface area (Å²) in [6.07, 6.45) is 0. The highest BCUT2D eigenvalue weighted by Gasteiger charge is 2.45. The average molecular weight is 2070 g/mol. The van der Waals surface area contributed by atoms with Gasteiger partial charge in [0.05, 0.1) is 33.4 Å². The van der Waals surface area contributed by atoms with E-state index in [0.29, 0.717) is 0 Å². The molecule has 0 aliphatic rings. The van der Waals surface area contributed by atoms with E-state index in [1.807, 2.05) is 546 Å². The summed E-state index contributed by atoms with van der Waals surface area (Å²) < 4.78 is 40.8. The molecular weight excluding hydrogens is 1970 g/mol. The van der Waals surface area contributed by atoms with Crippen molar-refractivity contribution in [3.05, 3.63) is 652 Å². The number of hydrogen-bond acceptors (Lipinski definition) is 12.